The van der Waals surface area contributed by atoms with Gasteiger partial charge in [0.05, 0.1) is 0 Å². The number of hydrogen-bond acceptors (Lipinski definition) is 2. The summed E-state index contributed by atoms with van der Waals surface area (Å²) in [5.41, 5.74) is 0. The zero-order valence-electron chi connectivity index (χ0n) is 5.91. The van der Waals surface area contributed by atoms with Gasteiger partial charge in [0.1, 0.15) is 0 Å². The Morgan fingerprint density at radius 1 is 0.769 bits per heavy atom. The molecule has 0 aliphatic rings. The average Bonchev–Trinajstić information content (AvgIpc) is 1.81. The molecule has 0 aliphatic heterocycles. The summed E-state index contributed by atoms with van der Waals surface area (Å²) in [5, 5.41) is 0. The SMILES string of the molecule is FC(F)(F)CO[IH]OCC(F)(F)F. The Bertz CT molecular complexity index is 127. The fraction of sp³-hybridized carbons (Fsp3) is 1.00. The molecule has 0 saturated carbocycles. The van der Waals surface area contributed by atoms with Gasteiger partial charge in [0.15, 0.2) is 0 Å². The van der Waals surface area contributed by atoms with E-state index in [4.69, 9.17) is 0 Å². The predicted molar refractivity (Wildman–Crippen MR) is 39.4 cm³/mol. The Labute approximate surface area is 80.5 Å². The molecular weight excluding hydrogens is 321 g/mol. The first-order chi connectivity index (χ1) is 5.71. The minimum absolute atomic E-state index is 1.56. The van der Waals surface area contributed by atoms with E-state index in [1.54, 1.807) is 0 Å². The topological polar surface area (TPSA) is 18.5 Å². The second-order valence-electron chi connectivity index (χ2n) is 1.82. The molecule has 0 fully saturated rings. The summed E-state index contributed by atoms with van der Waals surface area (Å²) in [6, 6.07) is 0. The second kappa shape index (κ2) is 5.20. The van der Waals surface area contributed by atoms with Gasteiger partial charge in [-0.05, 0) is 0 Å². The van der Waals surface area contributed by atoms with Crippen molar-refractivity contribution in [3.05, 3.63) is 0 Å². The molecule has 2 nitrogen and oxygen atoms in total. The van der Waals surface area contributed by atoms with Gasteiger partial charge in [-0.3, -0.25) is 0 Å². The molecule has 0 spiro atoms. The quantitative estimate of drug-likeness (QED) is 0.449. The second-order valence-corrected chi connectivity index (χ2v) is 3.56. The molecule has 0 atom stereocenters. The number of alkyl halides is 6. The molecular formula is C4H5F6IO2. The average molecular weight is 326 g/mol. The standard InChI is InChI=1S/C4H5F6IO2/c5-3(6,7)1-12-11-13-2-4(8,9)10/h11H,1-2H2. The van der Waals surface area contributed by atoms with Crippen LogP contribution in [0.15, 0.2) is 0 Å². The maximum atomic E-state index is 11.3. The monoisotopic (exact) mass is 326 g/mol. The van der Waals surface area contributed by atoms with E-state index < -0.39 is 47.6 Å². The Kier molecular flexibility index (Phi) is 5.29. The van der Waals surface area contributed by atoms with Crippen molar-refractivity contribution in [1.29, 1.82) is 0 Å². The van der Waals surface area contributed by atoms with Crippen LogP contribution in [-0.4, -0.2) is 25.6 Å². The van der Waals surface area contributed by atoms with Crippen molar-refractivity contribution in [2.75, 3.05) is 13.2 Å². The van der Waals surface area contributed by atoms with E-state index in [0.29, 0.717) is 0 Å². The van der Waals surface area contributed by atoms with E-state index in [9.17, 15) is 26.3 Å². The molecule has 0 unspecified atom stereocenters. The Hall–Kier alpha value is 0.230. The van der Waals surface area contributed by atoms with Crippen LogP contribution in [0.5, 0.6) is 0 Å². The fourth-order valence-corrected chi connectivity index (χ4v) is 1.45. The molecule has 0 heterocycles. The van der Waals surface area contributed by atoms with Crippen molar-refractivity contribution >= 4 is 22.0 Å². The van der Waals surface area contributed by atoms with Gasteiger partial charge in [0, 0.05) is 0 Å². The van der Waals surface area contributed by atoms with Crippen LogP contribution in [0.3, 0.4) is 0 Å². The minimum atomic E-state index is -4.52. The van der Waals surface area contributed by atoms with E-state index in [2.05, 4.69) is 6.13 Å². The van der Waals surface area contributed by atoms with E-state index in [1.807, 2.05) is 0 Å². The molecule has 0 saturated heterocycles. The Morgan fingerprint density at radius 3 is 1.31 bits per heavy atom. The van der Waals surface area contributed by atoms with Crippen LogP contribution in [0, 0.1) is 0 Å². The third-order valence-corrected chi connectivity index (χ3v) is 1.76. The first kappa shape index (κ1) is 13.2. The van der Waals surface area contributed by atoms with E-state index in [-0.39, 0.29) is 0 Å². The summed E-state index contributed by atoms with van der Waals surface area (Å²) in [6.45, 7) is -3.12. The van der Waals surface area contributed by atoms with Crippen LogP contribution < -0.4 is 0 Å². The van der Waals surface area contributed by atoms with Crippen molar-refractivity contribution in [2.45, 2.75) is 12.4 Å². The van der Waals surface area contributed by atoms with Gasteiger partial charge < -0.3 is 0 Å². The fourth-order valence-electron chi connectivity index (χ4n) is 0.216. The Morgan fingerprint density at radius 2 is 1.08 bits per heavy atom. The molecule has 0 N–H and O–H groups in total. The van der Waals surface area contributed by atoms with Crippen molar-refractivity contribution in [3.8, 4) is 0 Å². The van der Waals surface area contributed by atoms with Crippen molar-refractivity contribution in [1.82, 2.24) is 0 Å². The first-order valence-corrected chi connectivity index (χ1v) is 4.65. The van der Waals surface area contributed by atoms with Crippen molar-refractivity contribution in [3.63, 3.8) is 0 Å². The molecule has 13 heavy (non-hydrogen) atoms. The van der Waals surface area contributed by atoms with Crippen LogP contribution in [-0.2, 0) is 6.13 Å². The summed E-state index contributed by atoms with van der Waals surface area (Å²) in [4.78, 5) is 0. The van der Waals surface area contributed by atoms with Crippen LogP contribution in [0.4, 0.5) is 26.3 Å². The molecule has 0 radical (unpaired) electrons. The summed E-state index contributed by atoms with van der Waals surface area (Å²) in [5.74, 6) is 0. The number of halogens is 7. The summed E-state index contributed by atoms with van der Waals surface area (Å²) >= 11 is -2.11. The van der Waals surface area contributed by atoms with E-state index in [1.165, 1.54) is 0 Å². The van der Waals surface area contributed by atoms with E-state index in [0.717, 1.165) is 0 Å². The van der Waals surface area contributed by atoms with Gasteiger partial charge in [-0.2, -0.15) is 0 Å². The molecule has 82 valence electrons. The van der Waals surface area contributed by atoms with Gasteiger partial charge in [0.2, 0.25) is 0 Å². The molecule has 0 aromatic carbocycles. The normalized spacial score (nSPS) is 13.7. The molecule has 0 aromatic heterocycles. The molecule has 9 heteroatoms. The Balaban J connectivity index is 3.28. The molecule has 0 aromatic rings. The van der Waals surface area contributed by atoms with Gasteiger partial charge in [-0.15, -0.1) is 0 Å². The number of hydrogen-bond donors (Lipinski definition) is 0. The van der Waals surface area contributed by atoms with Crippen LogP contribution in [0.1, 0.15) is 0 Å². The van der Waals surface area contributed by atoms with Gasteiger partial charge in [0.25, 0.3) is 0 Å². The van der Waals surface area contributed by atoms with Crippen LogP contribution in [0.25, 0.3) is 0 Å². The maximum absolute atomic E-state index is 11.3. The summed E-state index contributed by atoms with van der Waals surface area (Å²) in [7, 11) is 0. The van der Waals surface area contributed by atoms with Crippen molar-refractivity contribution in [2.24, 2.45) is 0 Å². The first-order valence-electron chi connectivity index (χ1n) is 2.75. The summed E-state index contributed by atoms with van der Waals surface area (Å²) in [6.07, 6.45) is -9.04. The van der Waals surface area contributed by atoms with Gasteiger partial charge in [-0.1, -0.05) is 0 Å². The predicted octanol–water partition coefficient (Wildman–Crippen LogP) is 2.68. The number of rotatable bonds is 4. The van der Waals surface area contributed by atoms with E-state index >= 15 is 0 Å². The third-order valence-electron chi connectivity index (χ3n) is 0.541. The van der Waals surface area contributed by atoms with Gasteiger partial charge in [-0.25, -0.2) is 0 Å². The van der Waals surface area contributed by atoms with Gasteiger partial charge >= 0.3 is 80.1 Å². The molecule has 0 bridgehead atoms. The third kappa shape index (κ3) is 12.2. The zero-order valence-corrected chi connectivity index (χ0v) is 8.24. The summed E-state index contributed by atoms with van der Waals surface area (Å²) < 4.78 is 75.8. The molecule has 0 amide bonds. The molecule has 0 rings (SSSR count). The van der Waals surface area contributed by atoms with Crippen LogP contribution in [0.2, 0.25) is 0 Å². The molecule has 0 aliphatic carbocycles. The zero-order chi connectivity index (χ0) is 10.5. The van der Waals surface area contributed by atoms with Crippen LogP contribution >= 0.6 is 22.0 Å². The van der Waals surface area contributed by atoms with Crippen molar-refractivity contribution < 1.29 is 32.5 Å².